The second kappa shape index (κ2) is 5.46. The second-order valence-corrected chi connectivity index (χ2v) is 6.31. The lowest BCUT2D eigenvalue weighted by Gasteiger charge is -2.19. The Bertz CT molecular complexity index is 452. The molecule has 5 nitrogen and oxygen atoms in total. The van der Waals surface area contributed by atoms with Crippen LogP contribution in [0.3, 0.4) is 0 Å². The third-order valence-corrected chi connectivity index (χ3v) is 4.33. The number of nitrogens with one attached hydrogen (secondary N) is 1. The highest BCUT2D eigenvalue weighted by Crippen LogP contribution is 2.28. The van der Waals surface area contributed by atoms with Crippen molar-refractivity contribution in [2.24, 2.45) is 0 Å². The van der Waals surface area contributed by atoms with Crippen molar-refractivity contribution in [2.45, 2.75) is 51.2 Å². The van der Waals surface area contributed by atoms with Gasteiger partial charge in [-0.2, -0.15) is 0 Å². The quantitative estimate of drug-likeness (QED) is 0.869. The number of carboxylic acids is 1. The number of hydrogen-bond donors (Lipinski definition) is 2. The second-order valence-electron chi connectivity index (χ2n) is 5.45. The maximum Gasteiger partial charge on any atom is 0.315 e. The maximum atomic E-state index is 11.2. The Hall–Kier alpha value is -1.14. The average Bonchev–Trinajstić information content (AvgIpc) is 2.99. The molecule has 1 aromatic heterocycles. The molecular formula is C13H20N2O3S. The van der Waals surface area contributed by atoms with Gasteiger partial charge >= 0.3 is 5.97 Å². The Labute approximate surface area is 117 Å². The number of aromatic nitrogens is 1. The summed E-state index contributed by atoms with van der Waals surface area (Å²) in [5.74, 6) is -0.864. The van der Waals surface area contributed by atoms with E-state index in [9.17, 15) is 9.90 Å². The molecule has 0 spiro atoms. The number of thiazole rings is 1. The van der Waals surface area contributed by atoms with Crippen LogP contribution >= 0.6 is 11.3 Å². The number of anilines is 1. The highest BCUT2D eigenvalue weighted by atomic mass is 32.1. The van der Waals surface area contributed by atoms with Crippen molar-refractivity contribution in [3.05, 3.63) is 11.1 Å². The molecule has 2 N–H and O–H groups in total. The zero-order valence-electron chi connectivity index (χ0n) is 11.5. The molecule has 1 saturated heterocycles. The molecule has 0 aliphatic carbocycles. The molecule has 2 heterocycles. The van der Waals surface area contributed by atoms with Crippen molar-refractivity contribution in [1.29, 1.82) is 0 Å². The summed E-state index contributed by atoms with van der Waals surface area (Å²) < 4.78 is 5.62. The minimum absolute atomic E-state index is 0.189. The van der Waals surface area contributed by atoms with E-state index < -0.39 is 11.4 Å². The van der Waals surface area contributed by atoms with Crippen molar-refractivity contribution in [2.75, 3.05) is 11.9 Å². The third-order valence-electron chi connectivity index (χ3n) is 3.55. The zero-order valence-corrected chi connectivity index (χ0v) is 12.3. The molecule has 2 rings (SSSR count). The van der Waals surface area contributed by atoms with E-state index in [4.69, 9.17) is 4.74 Å². The molecule has 1 aromatic rings. The van der Waals surface area contributed by atoms with Crippen LogP contribution in [0.15, 0.2) is 5.38 Å². The van der Waals surface area contributed by atoms with Crippen molar-refractivity contribution < 1.29 is 14.6 Å². The van der Waals surface area contributed by atoms with Gasteiger partial charge < -0.3 is 15.2 Å². The predicted molar refractivity (Wildman–Crippen MR) is 74.8 cm³/mol. The lowest BCUT2D eigenvalue weighted by atomic mass is 9.90. The van der Waals surface area contributed by atoms with E-state index in [1.54, 1.807) is 19.2 Å². The maximum absolute atomic E-state index is 11.2. The van der Waals surface area contributed by atoms with Crippen LogP contribution in [-0.2, 0) is 14.9 Å². The average molecular weight is 284 g/mol. The van der Waals surface area contributed by atoms with Crippen LogP contribution in [0.2, 0.25) is 0 Å². The van der Waals surface area contributed by atoms with Crippen molar-refractivity contribution in [3.8, 4) is 0 Å². The summed E-state index contributed by atoms with van der Waals surface area (Å²) in [6, 6.07) is 0.189. The Morgan fingerprint density at radius 1 is 1.68 bits per heavy atom. The first-order chi connectivity index (χ1) is 8.91. The molecule has 6 heteroatoms. The molecule has 1 fully saturated rings. The van der Waals surface area contributed by atoms with Crippen LogP contribution < -0.4 is 5.32 Å². The summed E-state index contributed by atoms with van der Waals surface area (Å²) in [6.45, 7) is 6.22. The van der Waals surface area contributed by atoms with Gasteiger partial charge in [0.2, 0.25) is 0 Å². The first-order valence-electron chi connectivity index (χ1n) is 6.49. The number of carbonyl (C=O) groups is 1. The van der Waals surface area contributed by atoms with E-state index in [0.717, 1.165) is 24.6 Å². The summed E-state index contributed by atoms with van der Waals surface area (Å²) in [5.41, 5.74) is -0.365. The fourth-order valence-electron chi connectivity index (χ4n) is 2.02. The minimum Gasteiger partial charge on any atom is -0.481 e. The highest BCUT2D eigenvalue weighted by Gasteiger charge is 2.32. The summed E-state index contributed by atoms with van der Waals surface area (Å²) in [7, 11) is 0. The van der Waals surface area contributed by atoms with Gasteiger partial charge in [-0.15, -0.1) is 11.3 Å². The number of nitrogens with zero attached hydrogens (tertiary/aromatic N) is 1. The van der Waals surface area contributed by atoms with Crippen molar-refractivity contribution in [3.63, 3.8) is 0 Å². The van der Waals surface area contributed by atoms with E-state index >= 15 is 0 Å². The zero-order chi connectivity index (χ0) is 14.0. The first kappa shape index (κ1) is 14.3. The fraction of sp³-hybridized carbons (Fsp3) is 0.692. The largest absolute Gasteiger partial charge is 0.481 e. The van der Waals surface area contributed by atoms with Crippen molar-refractivity contribution >= 4 is 22.4 Å². The molecule has 0 bridgehead atoms. The van der Waals surface area contributed by atoms with Crippen LogP contribution in [0.4, 0.5) is 5.13 Å². The van der Waals surface area contributed by atoms with Gasteiger partial charge in [-0.25, -0.2) is 4.98 Å². The monoisotopic (exact) mass is 284 g/mol. The van der Waals surface area contributed by atoms with Gasteiger partial charge in [0.25, 0.3) is 0 Å². The minimum atomic E-state index is -0.955. The molecule has 0 aromatic carbocycles. The highest BCUT2D eigenvalue weighted by molar-refractivity contribution is 7.13. The third kappa shape index (κ3) is 3.06. The van der Waals surface area contributed by atoms with Crippen LogP contribution in [0.25, 0.3) is 0 Å². The molecular weight excluding hydrogens is 264 g/mol. The molecule has 1 aliphatic rings. The molecule has 19 heavy (non-hydrogen) atoms. The van der Waals surface area contributed by atoms with Gasteiger partial charge in [0.15, 0.2) is 5.13 Å². The number of aliphatic carboxylic acids is 1. The van der Waals surface area contributed by atoms with E-state index in [2.05, 4.69) is 17.2 Å². The SMILES string of the molecule is CC(Nc1nc(C(C)(C)C(=O)O)cs1)C1CCCO1. The fourth-order valence-corrected chi connectivity index (χ4v) is 3.00. The van der Waals surface area contributed by atoms with Crippen molar-refractivity contribution in [1.82, 2.24) is 4.98 Å². The Balaban J connectivity index is 2.03. The van der Waals surface area contributed by atoms with Crippen LogP contribution in [0.5, 0.6) is 0 Å². The summed E-state index contributed by atoms with van der Waals surface area (Å²) in [4.78, 5) is 15.6. The summed E-state index contributed by atoms with van der Waals surface area (Å²) in [5, 5.41) is 15.0. The molecule has 2 atom stereocenters. The van der Waals surface area contributed by atoms with Crippen LogP contribution in [0.1, 0.15) is 39.3 Å². The van der Waals surface area contributed by atoms with Gasteiger partial charge in [-0.1, -0.05) is 0 Å². The molecule has 106 valence electrons. The summed E-state index contributed by atoms with van der Waals surface area (Å²) >= 11 is 1.44. The number of hydrogen-bond acceptors (Lipinski definition) is 5. The van der Waals surface area contributed by atoms with Gasteiger partial charge in [0, 0.05) is 12.0 Å². The van der Waals surface area contributed by atoms with Gasteiger partial charge in [-0.3, -0.25) is 4.79 Å². The topological polar surface area (TPSA) is 71.5 Å². The Morgan fingerprint density at radius 2 is 2.42 bits per heavy atom. The van der Waals surface area contributed by atoms with E-state index in [1.165, 1.54) is 11.3 Å². The number of carboxylic acid groups (broad SMARTS) is 1. The van der Waals surface area contributed by atoms with E-state index in [1.807, 2.05) is 0 Å². The lowest BCUT2D eigenvalue weighted by Crippen LogP contribution is -2.31. The number of ether oxygens (including phenoxy) is 1. The lowest BCUT2D eigenvalue weighted by molar-refractivity contribution is -0.142. The van der Waals surface area contributed by atoms with Gasteiger partial charge in [0.1, 0.15) is 5.41 Å². The Kier molecular flexibility index (Phi) is 4.10. The first-order valence-corrected chi connectivity index (χ1v) is 7.37. The smallest absolute Gasteiger partial charge is 0.315 e. The van der Waals surface area contributed by atoms with E-state index in [0.29, 0.717) is 5.69 Å². The van der Waals surface area contributed by atoms with Crippen LogP contribution in [0, 0.1) is 0 Å². The Morgan fingerprint density at radius 3 is 3.00 bits per heavy atom. The molecule has 0 saturated carbocycles. The predicted octanol–water partition coefficient (Wildman–Crippen LogP) is 2.48. The molecule has 0 radical (unpaired) electrons. The van der Waals surface area contributed by atoms with Gasteiger partial charge in [-0.05, 0) is 33.6 Å². The number of rotatable bonds is 5. The molecule has 2 unspecified atom stereocenters. The molecule has 0 amide bonds. The normalized spacial score (nSPS) is 21.3. The molecule has 1 aliphatic heterocycles. The van der Waals surface area contributed by atoms with Crippen LogP contribution in [-0.4, -0.2) is 34.8 Å². The standard InChI is InChI=1S/C13H20N2O3S/c1-8(9-5-4-6-18-9)14-12-15-10(7-19-12)13(2,3)11(16)17/h7-9H,4-6H2,1-3H3,(H,14,15)(H,16,17). The van der Waals surface area contributed by atoms with E-state index in [-0.39, 0.29) is 12.1 Å². The summed E-state index contributed by atoms with van der Waals surface area (Å²) in [6.07, 6.45) is 2.39. The van der Waals surface area contributed by atoms with Gasteiger partial charge in [0.05, 0.1) is 17.8 Å².